The lowest BCUT2D eigenvalue weighted by Crippen LogP contribution is -2.39. The fourth-order valence-electron chi connectivity index (χ4n) is 2.94. The standard InChI is InChI=1S/C17H27N3O/c1-4-15-7-5-6-10-20(15)16-9-8-14(12-18-16)19-17(21)11-13(2)3/h8-9,12-13,15H,4-7,10-11H2,1-3H3,(H,19,21). The predicted octanol–water partition coefficient (Wildman–Crippen LogP) is 3.84. The summed E-state index contributed by atoms with van der Waals surface area (Å²) in [6.07, 6.45) is 7.30. The molecular weight excluding hydrogens is 262 g/mol. The largest absolute Gasteiger partial charge is 0.354 e. The molecule has 2 heterocycles. The van der Waals surface area contributed by atoms with Gasteiger partial charge in [-0.2, -0.15) is 0 Å². The van der Waals surface area contributed by atoms with E-state index in [2.05, 4.69) is 22.1 Å². The second-order valence-corrected chi connectivity index (χ2v) is 6.30. The second-order valence-electron chi connectivity index (χ2n) is 6.30. The molecular formula is C17H27N3O. The molecule has 2 rings (SSSR count). The minimum absolute atomic E-state index is 0.0592. The Hall–Kier alpha value is -1.58. The van der Waals surface area contributed by atoms with Gasteiger partial charge in [-0.15, -0.1) is 0 Å². The van der Waals surface area contributed by atoms with Gasteiger partial charge < -0.3 is 10.2 Å². The van der Waals surface area contributed by atoms with Crippen molar-refractivity contribution in [3.63, 3.8) is 0 Å². The Morgan fingerprint density at radius 3 is 2.86 bits per heavy atom. The summed E-state index contributed by atoms with van der Waals surface area (Å²) in [6.45, 7) is 7.42. The third-order valence-electron chi connectivity index (χ3n) is 4.02. The highest BCUT2D eigenvalue weighted by atomic mass is 16.1. The topological polar surface area (TPSA) is 45.2 Å². The molecule has 116 valence electrons. The molecule has 0 bridgehead atoms. The van der Waals surface area contributed by atoms with Gasteiger partial charge in [0.15, 0.2) is 0 Å². The molecule has 1 unspecified atom stereocenters. The van der Waals surface area contributed by atoms with Crippen LogP contribution in [0.15, 0.2) is 18.3 Å². The number of pyridine rings is 1. The van der Waals surface area contributed by atoms with Crippen LogP contribution in [0, 0.1) is 5.92 Å². The van der Waals surface area contributed by atoms with Gasteiger partial charge in [-0.05, 0) is 43.7 Å². The number of nitrogens with one attached hydrogen (secondary N) is 1. The van der Waals surface area contributed by atoms with E-state index in [1.54, 1.807) is 6.20 Å². The summed E-state index contributed by atoms with van der Waals surface area (Å²) in [4.78, 5) is 18.7. The lowest BCUT2D eigenvalue weighted by atomic mass is 10.00. The molecule has 1 aromatic heterocycles. The first kappa shape index (κ1) is 15.8. The monoisotopic (exact) mass is 289 g/mol. The number of nitrogens with zero attached hydrogens (tertiary/aromatic N) is 2. The number of rotatable bonds is 5. The van der Waals surface area contributed by atoms with Crippen molar-refractivity contribution in [3.8, 4) is 0 Å². The van der Waals surface area contributed by atoms with E-state index in [4.69, 9.17) is 0 Å². The first-order valence-electron chi connectivity index (χ1n) is 8.12. The molecule has 1 fully saturated rings. The fraction of sp³-hybridized carbons (Fsp3) is 0.647. The quantitative estimate of drug-likeness (QED) is 0.896. The van der Waals surface area contributed by atoms with E-state index in [0.717, 1.165) is 24.5 Å². The maximum Gasteiger partial charge on any atom is 0.224 e. The zero-order valence-electron chi connectivity index (χ0n) is 13.4. The number of hydrogen-bond acceptors (Lipinski definition) is 3. The van der Waals surface area contributed by atoms with Gasteiger partial charge in [0.25, 0.3) is 0 Å². The van der Waals surface area contributed by atoms with Crippen LogP contribution in [0.1, 0.15) is 52.9 Å². The van der Waals surface area contributed by atoms with Crippen LogP contribution >= 0.6 is 0 Å². The summed E-state index contributed by atoms with van der Waals surface area (Å²) < 4.78 is 0. The van der Waals surface area contributed by atoms with Crippen LogP contribution in [0.25, 0.3) is 0 Å². The van der Waals surface area contributed by atoms with Crippen molar-refractivity contribution in [3.05, 3.63) is 18.3 Å². The lowest BCUT2D eigenvalue weighted by Gasteiger charge is -2.36. The van der Waals surface area contributed by atoms with Crippen LogP contribution in [-0.4, -0.2) is 23.5 Å². The number of anilines is 2. The van der Waals surface area contributed by atoms with E-state index in [1.165, 1.54) is 19.3 Å². The van der Waals surface area contributed by atoms with Gasteiger partial charge in [0.2, 0.25) is 5.91 Å². The number of piperidine rings is 1. The lowest BCUT2D eigenvalue weighted by molar-refractivity contribution is -0.116. The average Bonchev–Trinajstić information content (AvgIpc) is 2.47. The third kappa shape index (κ3) is 4.45. The smallest absolute Gasteiger partial charge is 0.224 e. The van der Waals surface area contributed by atoms with Gasteiger partial charge in [0.1, 0.15) is 5.82 Å². The minimum Gasteiger partial charge on any atom is -0.354 e. The van der Waals surface area contributed by atoms with Crippen molar-refractivity contribution in [2.24, 2.45) is 5.92 Å². The van der Waals surface area contributed by atoms with E-state index >= 15 is 0 Å². The SMILES string of the molecule is CCC1CCCCN1c1ccc(NC(=O)CC(C)C)cn1. The summed E-state index contributed by atoms with van der Waals surface area (Å²) in [6, 6.07) is 4.59. The zero-order chi connectivity index (χ0) is 15.2. The average molecular weight is 289 g/mol. The van der Waals surface area contributed by atoms with Crippen molar-refractivity contribution in [1.29, 1.82) is 0 Å². The molecule has 0 radical (unpaired) electrons. The summed E-state index contributed by atoms with van der Waals surface area (Å²) in [7, 11) is 0. The number of hydrogen-bond donors (Lipinski definition) is 1. The molecule has 0 spiro atoms. The maximum absolute atomic E-state index is 11.8. The number of carbonyl (C=O) groups is 1. The van der Waals surface area contributed by atoms with E-state index < -0.39 is 0 Å². The molecule has 4 nitrogen and oxygen atoms in total. The second kappa shape index (κ2) is 7.43. The van der Waals surface area contributed by atoms with E-state index in [1.807, 2.05) is 26.0 Å². The first-order valence-corrected chi connectivity index (χ1v) is 8.12. The molecule has 1 saturated heterocycles. The Morgan fingerprint density at radius 1 is 1.43 bits per heavy atom. The normalized spacial score (nSPS) is 18.9. The Bertz CT molecular complexity index is 456. The molecule has 0 aliphatic carbocycles. The summed E-state index contributed by atoms with van der Waals surface area (Å²) >= 11 is 0. The Labute approximate surface area is 127 Å². The molecule has 1 atom stereocenters. The van der Waals surface area contributed by atoms with Gasteiger partial charge in [-0.25, -0.2) is 4.98 Å². The van der Waals surface area contributed by atoms with Crippen molar-refractivity contribution in [2.75, 3.05) is 16.8 Å². The van der Waals surface area contributed by atoms with E-state index in [-0.39, 0.29) is 5.91 Å². The van der Waals surface area contributed by atoms with Crippen molar-refractivity contribution in [1.82, 2.24) is 4.98 Å². The molecule has 1 aliphatic rings. The van der Waals surface area contributed by atoms with Gasteiger partial charge in [0, 0.05) is 19.0 Å². The first-order chi connectivity index (χ1) is 10.1. The molecule has 0 saturated carbocycles. The van der Waals surface area contributed by atoms with Crippen LogP contribution in [0.3, 0.4) is 0 Å². The number of aromatic nitrogens is 1. The summed E-state index contributed by atoms with van der Waals surface area (Å²) in [5.74, 6) is 1.46. The molecule has 0 aromatic carbocycles. The van der Waals surface area contributed by atoms with Gasteiger partial charge in [-0.3, -0.25) is 4.79 Å². The fourth-order valence-corrected chi connectivity index (χ4v) is 2.94. The van der Waals surface area contributed by atoms with Crippen LogP contribution in [0.2, 0.25) is 0 Å². The highest BCUT2D eigenvalue weighted by Gasteiger charge is 2.21. The maximum atomic E-state index is 11.8. The van der Waals surface area contributed by atoms with E-state index in [0.29, 0.717) is 18.4 Å². The molecule has 1 aliphatic heterocycles. The van der Waals surface area contributed by atoms with Crippen LogP contribution < -0.4 is 10.2 Å². The summed E-state index contributed by atoms with van der Waals surface area (Å²) in [5, 5.41) is 2.91. The van der Waals surface area contributed by atoms with Gasteiger partial charge >= 0.3 is 0 Å². The van der Waals surface area contributed by atoms with Crippen LogP contribution in [0.4, 0.5) is 11.5 Å². The van der Waals surface area contributed by atoms with Crippen molar-refractivity contribution in [2.45, 2.75) is 58.9 Å². The number of carbonyl (C=O) groups excluding carboxylic acids is 1. The molecule has 4 heteroatoms. The zero-order valence-corrected chi connectivity index (χ0v) is 13.4. The van der Waals surface area contributed by atoms with E-state index in [9.17, 15) is 4.79 Å². The van der Waals surface area contributed by atoms with Gasteiger partial charge in [0.05, 0.1) is 11.9 Å². The molecule has 1 amide bonds. The Morgan fingerprint density at radius 2 is 2.24 bits per heavy atom. The number of amides is 1. The van der Waals surface area contributed by atoms with Crippen LogP contribution in [-0.2, 0) is 4.79 Å². The highest BCUT2D eigenvalue weighted by Crippen LogP contribution is 2.25. The summed E-state index contributed by atoms with van der Waals surface area (Å²) in [5.41, 5.74) is 0.787. The van der Waals surface area contributed by atoms with Crippen molar-refractivity contribution < 1.29 is 4.79 Å². The van der Waals surface area contributed by atoms with Crippen LogP contribution in [0.5, 0.6) is 0 Å². The van der Waals surface area contributed by atoms with Crippen molar-refractivity contribution >= 4 is 17.4 Å². The Balaban J connectivity index is 1.99. The molecule has 1 N–H and O–H groups in total. The minimum atomic E-state index is 0.0592. The predicted molar refractivity (Wildman–Crippen MR) is 87.6 cm³/mol. The third-order valence-corrected chi connectivity index (χ3v) is 4.02. The van der Waals surface area contributed by atoms with Gasteiger partial charge in [-0.1, -0.05) is 20.8 Å². The molecule has 1 aromatic rings. The Kier molecular flexibility index (Phi) is 5.59. The molecule has 21 heavy (non-hydrogen) atoms. The highest BCUT2D eigenvalue weighted by molar-refractivity contribution is 5.90.